The molecule has 2 aromatic carbocycles. The average molecular weight is 314 g/mol. The molecule has 0 unspecified atom stereocenters. The van der Waals surface area contributed by atoms with Crippen LogP contribution in [0.2, 0.25) is 0 Å². The first-order valence-corrected chi connectivity index (χ1v) is 5.44. The van der Waals surface area contributed by atoms with Gasteiger partial charge < -0.3 is 25.2 Å². The molecule has 104 valence electrons. The van der Waals surface area contributed by atoms with E-state index in [1.807, 2.05) is 0 Å². The van der Waals surface area contributed by atoms with E-state index in [1.165, 1.54) is 30.3 Å². The second-order valence-corrected chi connectivity index (χ2v) is 3.63. The van der Waals surface area contributed by atoms with Gasteiger partial charge in [0.1, 0.15) is 17.1 Å². The summed E-state index contributed by atoms with van der Waals surface area (Å²) in [5.41, 5.74) is -0.245. The molecule has 0 aliphatic carbocycles. The van der Waals surface area contributed by atoms with Gasteiger partial charge in [-0.2, -0.15) is 0 Å². The van der Waals surface area contributed by atoms with E-state index in [0.29, 0.717) is 0 Å². The molecule has 7 heteroatoms. The van der Waals surface area contributed by atoms with Crippen molar-refractivity contribution in [3.8, 4) is 11.5 Å². The zero-order chi connectivity index (χ0) is 15.1. The van der Waals surface area contributed by atoms with Gasteiger partial charge in [-0.1, -0.05) is 24.3 Å². The van der Waals surface area contributed by atoms with Crippen molar-refractivity contribution in [2.24, 2.45) is 0 Å². The van der Waals surface area contributed by atoms with Crippen molar-refractivity contribution in [2.45, 2.75) is 0 Å². The van der Waals surface area contributed by atoms with Gasteiger partial charge >= 0.3 is 57.4 Å². The molecule has 0 bridgehead atoms. The molecule has 0 aliphatic rings. The summed E-state index contributed by atoms with van der Waals surface area (Å²) in [5.74, 6) is -2.94. The van der Waals surface area contributed by atoms with Crippen LogP contribution in [0.1, 0.15) is 20.7 Å². The number of hydrogen-bond donors (Lipinski definition) is 3. The van der Waals surface area contributed by atoms with E-state index in [4.69, 9.17) is 15.3 Å². The smallest absolute Gasteiger partial charge is 0.545 e. The topological polar surface area (TPSA) is 118 Å². The van der Waals surface area contributed by atoms with Crippen molar-refractivity contribution in [1.82, 2.24) is 0 Å². The minimum absolute atomic E-state index is 0. The summed E-state index contributed by atoms with van der Waals surface area (Å²) in [6.07, 6.45) is 0. The molecule has 0 aromatic heterocycles. The van der Waals surface area contributed by atoms with Crippen molar-refractivity contribution >= 4 is 11.9 Å². The number of aromatic carboxylic acids is 2. The Kier molecular flexibility index (Phi) is 8.91. The quantitative estimate of drug-likeness (QED) is 0.544. The van der Waals surface area contributed by atoms with Crippen LogP contribution < -0.4 is 56.5 Å². The Bertz CT molecular complexity index is 571. The third-order valence-corrected chi connectivity index (χ3v) is 2.26. The van der Waals surface area contributed by atoms with E-state index >= 15 is 0 Å². The summed E-state index contributed by atoms with van der Waals surface area (Å²) in [7, 11) is 0. The molecule has 21 heavy (non-hydrogen) atoms. The summed E-state index contributed by atoms with van der Waals surface area (Å²) < 4.78 is 0. The zero-order valence-corrected chi connectivity index (χ0v) is 14.3. The van der Waals surface area contributed by atoms with Crippen LogP contribution in [0.3, 0.4) is 0 Å². The molecular formula is C14H11KO6. The minimum Gasteiger partial charge on any atom is -0.545 e. The molecule has 0 amide bonds. The molecule has 0 aliphatic heterocycles. The predicted molar refractivity (Wildman–Crippen MR) is 67.5 cm³/mol. The molecular weight excluding hydrogens is 303 g/mol. The van der Waals surface area contributed by atoms with Gasteiger partial charge in [-0.25, -0.2) is 4.79 Å². The SMILES string of the molecule is O=C(O)c1ccccc1O.O=C([O-])c1ccccc1O.[K+]. The van der Waals surface area contributed by atoms with Crippen LogP contribution in [0.25, 0.3) is 0 Å². The summed E-state index contributed by atoms with van der Waals surface area (Å²) in [5, 5.41) is 36.3. The van der Waals surface area contributed by atoms with Crippen molar-refractivity contribution in [2.75, 3.05) is 0 Å². The molecule has 0 fully saturated rings. The Morgan fingerprint density at radius 1 is 0.810 bits per heavy atom. The maximum absolute atomic E-state index is 10.3. The molecule has 2 rings (SSSR count). The molecule has 0 saturated carbocycles. The fraction of sp³-hybridized carbons (Fsp3) is 0. The first-order valence-electron chi connectivity index (χ1n) is 5.44. The van der Waals surface area contributed by atoms with Gasteiger partial charge in [0.05, 0.1) is 5.97 Å². The van der Waals surface area contributed by atoms with Gasteiger partial charge in [-0.3, -0.25) is 0 Å². The summed E-state index contributed by atoms with van der Waals surface area (Å²) in [4.78, 5) is 20.4. The monoisotopic (exact) mass is 314 g/mol. The first kappa shape index (κ1) is 19.6. The molecule has 0 radical (unpaired) electrons. The molecule has 2 aromatic rings. The van der Waals surface area contributed by atoms with Crippen molar-refractivity contribution in [3.63, 3.8) is 0 Å². The van der Waals surface area contributed by atoms with Gasteiger partial charge in [-0.15, -0.1) is 0 Å². The number of carboxylic acid groups (broad SMARTS) is 2. The number of aromatic hydroxyl groups is 2. The number of phenols is 2. The van der Waals surface area contributed by atoms with Crippen LogP contribution in [0, 0.1) is 0 Å². The van der Waals surface area contributed by atoms with Crippen molar-refractivity contribution < 1.29 is 81.4 Å². The van der Waals surface area contributed by atoms with Crippen LogP contribution >= 0.6 is 0 Å². The summed E-state index contributed by atoms with van der Waals surface area (Å²) in [6, 6.07) is 11.5. The number of hydrogen-bond acceptors (Lipinski definition) is 5. The van der Waals surface area contributed by atoms with Crippen LogP contribution in [0.4, 0.5) is 0 Å². The van der Waals surface area contributed by atoms with E-state index in [2.05, 4.69) is 0 Å². The number of carbonyl (C=O) groups is 2. The Hall–Kier alpha value is -1.38. The second-order valence-electron chi connectivity index (χ2n) is 3.63. The average Bonchev–Trinajstić information content (AvgIpc) is 2.40. The third kappa shape index (κ3) is 6.28. The second kappa shape index (κ2) is 9.53. The van der Waals surface area contributed by atoms with Gasteiger partial charge in [0.25, 0.3) is 0 Å². The number of carbonyl (C=O) groups excluding carboxylic acids is 1. The Morgan fingerprint density at radius 3 is 1.43 bits per heavy atom. The standard InChI is InChI=1S/2C7H6O3.K/c2*8-6-4-2-1-3-5(6)7(9)10;/h2*1-4,8H,(H,9,10);/q;;+1/p-1. The van der Waals surface area contributed by atoms with Gasteiger partial charge in [0, 0.05) is 5.56 Å². The Balaban J connectivity index is 0.000000364. The third-order valence-electron chi connectivity index (χ3n) is 2.26. The number of benzene rings is 2. The van der Waals surface area contributed by atoms with Crippen LogP contribution in [0.5, 0.6) is 11.5 Å². The number of carboxylic acids is 2. The fourth-order valence-electron chi connectivity index (χ4n) is 1.30. The molecule has 0 saturated heterocycles. The van der Waals surface area contributed by atoms with Crippen LogP contribution in [-0.4, -0.2) is 27.3 Å². The molecule has 0 atom stereocenters. The van der Waals surface area contributed by atoms with Crippen LogP contribution in [-0.2, 0) is 0 Å². The van der Waals surface area contributed by atoms with E-state index in [1.54, 1.807) is 18.2 Å². The van der Waals surface area contributed by atoms with E-state index in [0.717, 1.165) is 0 Å². The largest absolute Gasteiger partial charge is 1.00 e. The molecule has 0 spiro atoms. The number of rotatable bonds is 2. The van der Waals surface area contributed by atoms with E-state index in [-0.39, 0.29) is 74.0 Å². The molecule has 0 heterocycles. The van der Waals surface area contributed by atoms with Crippen molar-refractivity contribution in [3.05, 3.63) is 59.7 Å². The predicted octanol–water partition coefficient (Wildman–Crippen LogP) is -2.15. The van der Waals surface area contributed by atoms with E-state index in [9.17, 15) is 14.7 Å². The van der Waals surface area contributed by atoms with E-state index < -0.39 is 11.9 Å². The Labute approximate surface area is 163 Å². The summed E-state index contributed by atoms with van der Waals surface area (Å²) >= 11 is 0. The van der Waals surface area contributed by atoms with Crippen molar-refractivity contribution in [1.29, 1.82) is 0 Å². The maximum Gasteiger partial charge on any atom is 1.00 e. The van der Waals surface area contributed by atoms with Gasteiger partial charge in [0.2, 0.25) is 0 Å². The minimum atomic E-state index is -1.36. The molecule has 6 nitrogen and oxygen atoms in total. The van der Waals surface area contributed by atoms with Gasteiger partial charge in [-0.05, 0) is 24.3 Å². The number of para-hydroxylation sites is 2. The van der Waals surface area contributed by atoms with Gasteiger partial charge in [0.15, 0.2) is 0 Å². The molecule has 3 N–H and O–H groups in total. The Morgan fingerprint density at radius 2 is 1.19 bits per heavy atom. The zero-order valence-electron chi connectivity index (χ0n) is 11.2. The normalized spacial score (nSPS) is 8.76. The fourth-order valence-corrected chi connectivity index (χ4v) is 1.30. The first-order chi connectivity index (χ1) is 9.43. The maximum atomic E-state index is 10.3. The van der Waals surface area contributed by atoms with Crippen LogP contribution in [0.15, 0.2) is 48.5 Å². The summed E-state index contributed by atoms with van der Waals surface area (Å²) in [6.45, 7) is 0.